The average Bonchev–Trinajstić information content (AvgIpc) is 3.52. The summed E-state index contributed by atoms with van der Waals surface area (Å²) in [6.45, 7) is 4.84. The Labute approximate surface area is 178 Å². The lowest BCUT2D eigenvalue weighted by Crippen LogP contribution is -2.39. The zero-order valence-electron chi connectivity index (χ0n) is 18.4. The first-order valence-electron chi connectivity index (χ1n) is 12.7. The molecule has 0 aromatic carbocycles. The van der Waals surface area contributed by atoms with Gasteiger partial charge in [-0.15, -0.1) is 0 Å². The Hall–Kier alpha value is -1.32. The van der Waals surface area contributed by atoms with E-state index in [4.69, 9.17) is 0 Å². The predicted octanol–water partition coefficient (Wildman–Crippen LogP) is 5.16. The maximum Gasteiger partial charge on any atom is 0.0896 e. The second kappa shape index (κ2) is 9.22. The van der Waals surface area contributed by atoms with Crippen LogP contribution in [0.2, 0.25) is 0 Å². The highest BCUT2D eigenvalue weighted by molar-refractivity contribution is 4.98. The maximum absolute atomic E-state index is 2.63. The molecule has 29 heavy (non-hydrogen) atoms. The molecule has 0 spiro atoms. The van der Waals surface area contributed by atoms with Crippen molar-refractivity contribution >= 4 is 0 Å². The summed E-state index contributed by atoms with van der Waals surface area (Å²) in [6.07, 6.45) is 28.1. The Morgan fingerprint density at radius 2 is 0.931 bits per heavy atom. The second-order valence-corrected chi connectivity index (χ2v) is 10.5. The van der Waals surface area contributed by atoms with Gasteiger partial charge in [-0.3, -0.25) is 0 Å². The van der Waals surface area contributed by atoms with Crippen molar-refractivity contribution in [2.24, 2.45) is 11.8 Å². The molecular weight excluding hydrogens is 356 g/mol. The molecule has 5 aliphatic rings. The van der Waals surface area contributed by atoms with Crippen molar-refractivity contribution in [2.45, 2.75) is 95.6 Å². The highest BCUT2D eigenvalue weighted by Gasteiger charge is 2.33. The van der Waals surface area contributed by atoms with E-state index in [9.17, 15) is 0 Å². The first-order valence-corrected chi connectivity index (χ1v) is 12.7. The Bertz CT molecular complexity index is 525. The van der Waals surface area contributed by atoms with Crippen molar-refractivity contribution in [3.05, 3.63) is 24.8 Å². The van der Waals surface area contributed by atoms with Gasteiger partial charge in [-0.25, -0.2) is 0 Å². The molecule has 0 bridgehead atoms. The lowest BCUT2D eigenvalue weighted by molar-refractivity contribution is 0.139. The van der Waals surface area contributed by atoms with Gasteiger partial charge in [0.25, 0.3) is 0 Å². The monoisotopic (exact) mass is 398 g/mol. The summed E-state index contributed by atoms with van der Waals surface area (Å²) in [4.78, 5) is 10.5. The Morgan fingerprint density at radius 3 is 1.38 bits per heavy atom. The summed E-state index contributed by atoms with van der Waals surface area (Å²) in [5.41, 5.74) is 0. The second-order valence-electron chi connectivity index (χ2n) is 10.5. The van der Waals surface area contributed by atoms with Gasteiger partial charge in [0.2, 0.25) is 0 Å². The summed E-state index contributed by atoms with van der Waals surface area (Å²) in [7, 11) is 0. The zero-order valence-corrected chi connectivity index (χ0v) is 18.4. The van der Waals surface area contributed by atoms with Gasteiger partial charge in [-0.2, -0.15) is 0 Å². The zero-order chi connectivity index (χ0) is 19.5. The van der Waals surface area contributed by atoms with Gasteiger partial charge in [0, 0.05) is 50.0 Å². The summed E-state index contributed by atoms with van der Waals surface area (Å²) in [6, 6.07) is 1.62. The van der Waals surface area contributed by atoms with Gasteiger partial charge in [0.1, 0.15) is 0 Å². The fourth-order valence-electron chi connectivity index (χ4n) is 6.70. The van der Waals surface area contributed by atoms with Gasteiger partial charge in [-0.05, 0) is 50.4 Å². The third kappa shape index (κ3) is 4.72. The lowest BCUT2D eigenvalue weighted by atomic mass is 9.94. The van der Waals surface area contributed by atoms with Crippen molar-refractivity contribution in [1.82, 2.24) is 19.6 Å². The first kappa shape index (κ1) is 19.6. The molecule has 3 saturated carbocycles. The van der Waals surface area contributed by atoms with E-state index in [0.717, 1.165) is 37.3 Å². The molecule has 3 fully saturated rings. The van der Waals surface area contributed by atoms with Gasteiger partial charge in [0.05, 0.1) is 13.3 Å². The van der Waals surface area contributed by atoms with Crippen LogP contribution >= 0.6 is 0 Å². The highest BCUT2D eigenvalue weighted by atomic mass is 15.4. The highest BCUT2D eigenvalue weighted by Crippen LogP contribution is 2.35. The smallest absolute Gasteiger partial charge is 0.0896 e. The first-order chi connectivity index (χ1) is 14.3. The Kier molecular flexibility index (Phi) is 6.24. The van der Waals surface area contributed by atoms with Crippen molar-refractivity contribution in [2.75, 3.05) is 26.4 Å². The van der Waals surface area contributed by atoms with Crippen molar-refractivity contribution in [3.8, 4) is 0 Å². The van der Waals surface area contributed by atoms with E-state index in [1.165, 1.54) is 96.6 Å². The minimum atomic E-state index is 0.810. The third-order valence-corrected chi connectivity index (χ3v) is 8.47. The van der Waals surface area contributed by atoms with Gasteiger partial charge >= 0.3 is 0 Å². The van der Waals surface area contributed by atoms with Crippen LogP contribution in [0.3, 0.4) is 0 Å². The van der Waals surface area contributed by atoms with Crippen molar-refractivity contribution in [3.63, 3.8) is 0 Å². The van der Waals surface area contributed by atoms with Crippen molar-refractivity contribution in [1.29, 1.82) is 0 Å². The summed E-state index contributed by atoms with van der Waals surface area (Å²) < 4.78 is 0. The topological polar surface area (TPSA) is 13.0 Å². The Balaban J connectivity index is 1.08. The van der Waals surface area contributed by atoms with Gasteiger partial charge < -0.3 is 19.6 Å². The van der Waals surface area contributed by atoms with Gasteiger partial charge in [-0.1, -0.05) is 44.9 Å². The minimum absolute atomic E-state index is 0.810. The van der Waals surface area contributed by atoms with Crippen molar-refractivity contribution < 1.29 is 0 Å². The van der Waals surface area contributed by atoms with Crippen LogP contribution in [0.15, 0.2) is 24.8 Å². The van der Waals surface area contributed by atoms with E-state index < -0.39 is 0 Å². The molecule has 0 aromatic rings. The molecule has 2 heterocycles. The number of hydrogen-bond acceptors (Lipinski definition) is 4. The SMILES string of the molecule is C1=CN(C2CCCCC2)CN1C[C@H]1CCC[C@@H]1CN1C=CN(C2CCCCC2)C1. The molecule has 3 aliphatic carbocycles. The van der Waals surface area contributed by atoms with Crippen LogP contribution in [-0.4, -0.2) is 58.1 Å². The summed E-state index contributed by atoms with van der Waals surface area (Å²) in [5, 5.41) is 0. The standard InChI is InChI=1S/C25H42N4/c1-3-10-24(11-4-1)28-16-14-26(20-28)18-22-8-7-9-23(22)19-27-15-17-29(21-27)25-12-5-2-6-13-25/h14-17,22-25H,1-13,18-21H2/t22-,23-/m1/s1. The summed E-state index contributed by atoms with van der Waals surface area (Å²) >= 11 is 0. The van der Waals surface area contributed by atoms with E-state index in [-0.39, 0.29) is 0 Å². The predicted molar refractivity (Wildman–Crippen MR) is 120 cm³/mol. The van der Waals surface area contributed by atoms with Crippen LogP contribution in [-0.2, 0) is 0 Å². The fraction of sp³-hybridized carbons (Fsp3) is 0.840. The molecule has 0 unspecified atom stereocenters. The molecule has 162 valence electrons. The van der Waals surface area contributed by atoms with Crippen LogP contribution in [0.5, 0.6) is 0 Å². The summed E-state index contributed by atoms with van der Waals surface area (Å²) in [5.74, 6) is 1.76. The van der Waals surface area contributed by atoms with Crippen LogP contribution < -0.4 is 0 Å². The quantitative estimate of drug-likeness (QED) is 0.612. The molecule has 2 atom stereocenters. The number of nitrogens with zero attached hydrogens (tertiary/aromatic N) is 4. The average molecular weight is 399 g/mol. The van der Waals surface area contributed by atoms with E-state index in [2.05, 4.69) is 44.4 Å². The van der Waals surface area contributed by atoms with E-state index in [1.807, 2.05) is 0 Å². The molecule has 0 amide bonds. The van der Waals surface area contributed by atoms with Crippen LogP contribution in [0, 0.1) is 11.8 Å². The van der Waals surface area contributed by atoms with Crippen LogP contribution in [0.25, 0.3) is 0 Å². The number of rotatable bonds is 6. The van der Waals surface area contributed by atoms with Gasteiger partial charge in [0.15, 0.2) is 0 Å². The van der Waals surface area contributed by atoms with Crippen LogP contribution in [0.4, 0.5) is 0 Å². The lowest BCUT2D eigenvalue weighted by Gasteiger charge is -2.35. The van der Waals surface area contributed by atoms with E-state index in [0.29, 0.717) is 0 Å². The third-order valence-electron chi connectivity index (χ3n) is 8.47. The molecule has 0 saturated heterocycles. The normalized spacial score (nSPS) is 31.6. The molecule has 4 nitrogen and oxygen atoms in total. The van der Waals surface area contributed by atoms with E-state index in [1.54, 1.807) is 0 Å². The largest absolute Gasteiger partial charge is 0.358 e. The number of hydrogen-bond donors (Lipinski definition) is 0. The molecule has 0 aromatic heterocycles. The molecular formula is C25H42N4. The van der Waals surface area contributed by atoms with E-state index >= 15 is 0 Å². The minimum Gasteiger partial charge on any atom is -0.358 e. The molecule has 5 rings (SSSR count). The molecule has 0 N–H and O–H groups in total. The molecule has 2 aliphatic heterocycles. The maximum atomic E-state index is 2.63. The van der Waals surface area contributed by atoms with Crippen LogP contribution in [0.1, 0.15) is 83.5 Å². The fourth-order valence-corrected chi connectivity index (χ4v) is 6.70. The molecule has 4 heteroatoms. The molecule has 0 radical (unpaired) electrons. The Morgan fingerprint density at radius 1 is 0.483 bits per heavy atom.